The third-order valence-electron chi connectivity index (χ3n) is 3.94. The van der Waals surface area contributed by atoms with Crippen molar-refractivity contribution in [3.63, 3.8) is 0 Å². The van der Waals surface area contributed by atoms with Crippen molar-refractivity contribution in [2.45, 2.75) is 37.5 Å². The van der Waals surface area contributed by atoms with Crippen molar-refractivity contribution in [3.05, 3.63) is 35.4 Å². The van der Waals surface area contributed by atoms with Crippen molar-refractivity contribution in [2.24, 2.45) is 0 Å². The lowest BCUT2D eigenvalue weighted by atomic mass is 9.87. The highest BCUT2D eigenvalue weighted by molar-refractivity contribution is 7.99. The van der Waals surface area contributed by atoms with Gasteiger partial charge in [0.15, 0.2) is 0 Å². The summed E-state index contributed by atoms with van der Waals surface area (Å²) in [5, 5.41) is 4.50. The lowest BCUT2D eigenvalue weighted by Gasteiger charge is -2.34. The largest absolute Gasteiger partial charge is 0.309 e. The lowest BCUT2D eigenvalue weighted by molar-refractivity contribution is 0.435. The van der Waals surface area contributed by atoms with E-state index >= 15 is 0 Å². The molecule has 0 aliphatic heterocycles. The minimum absolute atomic E-state index is 0.534. The second-order valence-electron chi connectivity index (χ2n) is 5.88. The van der Waals surface area contributed by atoms with Gasteiger partial charge in [0.1, 0.15) is 0 Å². The van der Waals surface area contributed by atoms with Crippen molar-refractivity contribution in [2.75, 3.05) is 32.9 Å². The van der Waals surface area contributed by atoms with Gasteiger partial charge in [-0.15, -0.1) is 0 Å². The van der Waals surface area contributed by atoms with E-state index in [2.05, 4.69) is 67.3 Å². The molecule has 0 heterocycles. The van der Waals surface area contributed by atoms with E-state index in [1.165, 1.54) is 37.1 Å². The van der Waals surface area contributed by atoms with Gasteiger partial charge in [-0.25, -0.2) is 0 Å². The predicted molar refractivity (Wildman–Crippen MR) is 90.6 cm³/mol. The summed E-state index contributed by atoms with van der Waals surface area (Å²) in [7, 11) is 4.31. The fourth-order valence-corrected chi connectivity index (χ4v) is 4.33. The zero-order chi connectivity index (χ0) is 14.4. The number of hydrogen-bond acceptors (Lipinski definition) is 3. The Labute approximate surface area is 128 Å². The third kappa shape index (κ3) is 4.24. The van der Waals surface area contributed by atoms with E-state index in [0.717, 1.165) is 11.8 Å². The Morgan fingerprint density at radius 3 is 2.85 bits per heavy atom. The Morgan fingerprint density at radius 1 is 1.30 bits per heavy atom. The van der Waals surface area contributed by atoms with E-state index in [-0.39, 0.29) is 0 Å². The monoisotopic (exact) mass is 292 g/mol. The summed E-state index contributed by atoms with van der Waals surface area (Å²) >= 11 is 2.14. The number of benzene rings is 1. The van der Waals surface area contributed by atoms with Crippen LogP contribution in [0.15, 0.2) is 24.3 Å². The van der Waals surface area contributed by atoms with Crippen LogP contribution in [0, 0.1) is 0 Å². The normalized spacial score (nSPS) is 22.0. The van der Waals surface area contributed by atoms with E-state index in [1.54, 1.807) is 5.56 Å². The second kappa shape index (κ2) is 8.06. The van der Waals surface area contributed by atoms with Gasteiger partial charge in [-0.3, -0.25) is 0 Å². The molecule has 0 aromatic heterocycles. The number of nitrogens with zero attached hydrogens (tertiary/aromatic N) is 1. The standard InChI is InChI=1S/C17H28N2S/c1-4-11-18-17-15-8-6-5-7-14(15)9-10-16(17)20-13-12-19(2)3/h5-8,16-18H,4,9-13H2,1-3H3. The molecule has 2 unspecified atom stereocenters. The molecule has 1 aliphatic carbocycles. The fourth-order valence-electron chi connectivity index (χ4n) is 2.84. The van der Waals surface area contributed by atoms with Crippen LogP contribution in [0.1, 0.15) is 36.9 Å². The Bertz CT molecular complexity index is 406. The highest BCUT2D eigenvalue weighted by atomic mass is 32.2. The summed E-state index contributed by atoms with van der Waals surface area (Å²) in [6.45, 7) is 4.53. The van der Waals surface area contributed by atoms with Gasteiger partial charge in [-0.05, 0) is 51.0 Å². The van der Waals surface area contributed by atoms with Crippen LogP contribution >= 0.6 is 11.8 Å². The van der Waals surface area contributed by atoms with E-state index in [0.29, 0.717) is 6.04 Å². The van der Waals surface area contributed by atoms with Crippen molar-refractivity contribution in [1.29, 1.82) is 0 Å². The minimum atomic E-state index is 0.534. The first kappa shape index (κ1) is 15.9. The first-order chi connectivity index (χ1) is 9.72. The predicted octanol–water partition coefficient (Wildman–Crippen LogP) is 3.34. The van der Waals surface area contributed by atoms with Crippen LogP contribution in [0.25, 0.3) is 0 Å². The summed E-state index contributed by atoms with van der Waals surface area (Å²) < 4.78 is 0. The van der Waals surface area contributed by atoms with E-state index in [9.17, 15) is 0 Å². The molecular weight excluding hydrogens is 264 g/mol. The average Bonchev–Trinajstić information content (AvgIpc) is 2.45. The Hall–Kier alpha value is -0.510. The minimum Gasteiger partial charge on any atom is -0.309 e. The summed E-state index contributed by atoms with van der Waals surface area (Å²) in [5.74, 6) is 1.23. The molecule has 0 fully saturated rings. The van der Waals surface area contributed by atoms with Gasteiger partial charge < -0.3 is 10.2 Å². The number of hydrogen-bond donors (Lipinski definition) is 1. The van der Waals surface area contributed by atoms with E-state index < -0.39 is 0 Å². The number of rotatable bonds is 7. The molecule has 1 aliphatic rings. The number of fused-ring (bicyclic) bond motifs is 1. The van der Waals surface area contributed by atoms with Crippen LogP contribution in [0.3, 0.4) is 0 Å². The smallest absolute Gasteiger partial charge is 0.0443 e. The van der Waals surface area contributed by atoms with Gasteiger partial charge in [-0.2, -0.15) is 11.8 Å². The summed E-state index contributed by atoms with van der Waals surface area (Å²) in [5.41, 5.74) is 3.08. The molecular formula is C17H28N2S. The quantitative estimate of drug-likeness (QED) is 0.830. The molecule has 2 atom stereocenters. The Morgan fingerprint density at radius 2 is 2.10 bits per heavy atom. The molecule has 20 heavy (non-hydrogen) atoms. The molecule has 2 rings (SSSR count). The molecule has 0 radical (unpaired) electrons. The molecule has 3 heteroatoms. The first-order valence-electron chi connectivity index (χ1n) is 7.80. The molecule has 0 saturated carbocycles. The molecule has 0 saturated heterocycles. The lowest BCUT2D eigenvalue weighted by Crippen LogP contribution is -2.35. The van der Waals surface area contributed by atoms with E-state index in [4.69, 9.17) is 0 Å². The average molecular weight is 292 g/mol. The Kier molecular flexibility index (Phi) is 6.40. The van der Waals surface area contributed by atoms with Gasteiger partial charge in [0, 0.05) is 23.6 Å². The van der Waals surface area contributed by atoms with Crippen molar-refractivity contribution >= 4 is 11.8 Å². The topological polar surface area (TPSA) is 15.3 Å². The maximum atomic E-state index is 3.78. The van der Waals surface area contributed by atoms with Crippen molar-refractivity contribution < 1.29 is 0 Å². The molecule has 2 nitrogen and oxygen atoms in total. The molecule has 0 bridgehead atoms. The maximum absolute atomic E-state index is 3.78. The molecule has 1 aromatic rings. The van der Waals surface area contributed by atoms with Crippen LogP contribution in [-0.4, -0.2) is 43.1 Å². The van der Waals surface area contributed by atoms with Gasteiger partial charge in [0.25, 0.3) is 0 Å². The van der Waals surface area contributed by atoms with Crippen LogP contribution in [0.2, 0.25) is 0 Å². The Balaban J connectivity index is 2.04. The van der Waals surface area contributed by atoms with E-state index in [1.807, 2.05) is 0 Å². The van der Waals surface area contributed by atoms with Gasteiger partial charge in [0.2, 0.25) is 0 Å². The van der Waals surface area contributed by atoms with Gasteiger partial charge >= 0.3 is 0 Å². The highest BCUT2D eigenvalue weighted by Crippen LogP contribution is 2.36. The molecule has 1 aromatic carbocycles. The van der Waals surface area contributed by atoms with Crippen LogP contribution in [0.5, 0.6) is 0 Å². The summed E-state index contributed by atoms with van der Waals surface area (Å²) in [6.07, 6.45) is 3.74. The molecule has 0 spiro atoms. The van der Waals surface area contributed by atoms with Crippen LogP contribution in [-0.2, 0) is 6.42 Å². The maximum Gasteiger partial charge on any atom is 0.0443 e. The fraction of sp³-hybridized carbons (Fsp3) is 0.647. The van der Waals surface area contributed by atoms with Crippen LogP contribution in [0.4, 0.5) is 0 Å². The van der Waals surface area contributed by atoms with Crippen LogP contribution < -0.4 is 5.32 Å². The SMILES string of the molecule is CCCNC1c2ccccc2CCC1SCCN(C)C. The summed E-state index contributed by atoms with van der Waals surface area (Å²) in [6, 6.07) is 9.52. The van der Waals surface area contributed by atoms with Gasteiger partial charge in [0.05, 0.1) is 0 Å². The van der Waals surface area contributed by atoms with Crippen molar-refractivity contribution in [1.82, 2.24) is 10.2 Å². The molecule has 1 N–H and O–H groups in total. The first-order valence-corrected chi connectivity index (χ1v) is 8.84. The zero-order valence-electron chi connectivity index (χ0n) is 13.1. The van der Waals surface area contributed by atoms with Crippen molar-refractivity contribution in [3.8, 4) is 0 Å². The molecule has 112 valence electrons. The van der Waals surface area contributed by atoms with Gasteiger partial charge in [-0.1, -0.05) is 31.2 Å². The number of aryl methyl sites for hydroxylation is 1. The highest BCUT2D eigenvalue weighted by Gasteiger charge is 2.28. The summed E-state index contributed by atoms with van der Waals surface area (Å²) in [4.78, 5) is 2.28. The number of nitrogens with one attached hydrogen (secondary N) is 1. The third-order valence-corrected chi connectivity index (χ3v) is 5.30. The number of thioether (sulfide) groups is 1. The zero-order valence-corrected chi connectivity index (χ0v) is 13.9. The molecule has 0 amide bonds. The second-order valence-corrected chi connectivity index (χ2v) is 7.23.